The summed E-state index contributed by atoms with van der Waals surface area (Å²) in [4.78, 5) is 11.1. The molecule has 1 atom stereocenters. The monoisotopic (exact) mass is 251 g/mol. The highest BCUT2D eigenvalue weighted by molar-refractivity contribution is 7.90. The Morgan fingerprint density at radius 2 is 2.12 bits per heavy atom. The number of methoxy groups -OCH3 is 1. The summed E-state index contributed by atoms with van der Waals surface area (Å²) < 4.78 is 29.8. The van der Waals surface area contributed by atoms with Crippen molar-refractivity contribution in [3.8, 4) is 0 Å². The first kappa shape index (κ1) is 13.4. The van der Waals surface area contributed by atoms with Crippen LogP contribution in [0.15, 0.2) is 0 Å². The lowest BCUT2D eigenvalue weighted by atomic mass is 9.81. The van der Waals surface area contributed by atoms with Crippen molar-refractivity contribution in [2.75, 3.05) is 13.7 Å². The second kappa shape index (κ2) is 4.68. The van der Waals surface area contributed by atoms with Crippen molar-refractivity contribution in [1.82, 2.24) is 4.72 Å². The van der Waals surface area contributed by atoms with Gasteiger partial charge in [-0.25, -0.2) is 13.1 Å². The SMILES string of the molecule is COC(=O)C(C)S(=O)(=O)NCC1(O)CCC1. The van der Waals surface area contributed by atoms with Gasteiger partial charge in [0.1, 0.15) is 0 Å². The number of nitrogens with one attached hydrogen (secondary N) is 1. The van der Waals surface area contributed by atoms with Crippen LogP contribution in [0.3, 0.4) is 0 Å². The second-order valence-corrected chi connectivity index (χ2v) is 6.20. The number of hydrogen-bond acceptors (Lipinski definition) is 5. The van der Waals surface area contributed by atoms with Gasteiger partial charge in [0.25, 0.3) is 0 Å². The summed E-state index contributed by atoms with van der Waals surface area (Å²) in [6.07, 6.45) is 2.06. The van der Waals surface area contributed by atoms with Gasteiger partial charge in [0, 0.05) is 6.54 Å². The number of carbonyl (C=O) groups excluding carboxylic acids is 1. The Hall–Kier alpha value is -0.660. The van der Waals surface area contributed by atoms with Crippen molar-refractivity contribution in [1.29, 1.82) is 0 Å². The Balaban J connectivity index is 2.54. The fourth-order valence-electron chi connectivity index (χ4n) is 1.41. The van der Waals surface area contributed by atoms with Crippen molar-refractivity contribution in [2.24, 2.45) is 0 Å². The number of hydrogen-bond donors (Lipinski definition) is 2. The first-order valence-corrected chi connectivity index (χ1v) is 6.64. The Morgan fingerprint density at radius 1 is 1.56 bits per heavy atom. The van der Waals surface area contributed by atoms with Crippen molar-refractivity contribution >= 4 is 16.0 Å². The van der Waals surface area contributed by atoms with E-state index in [-0.39, 0.29) is 6.54 Å². The van der Waals surface area contributed by atoms with Gasteiger partial charge in [-0.1, -0.05) is 0 Å². The van der Waals surface area contributed by atoms with E-state index in [0.717, 1.165) is 13.5 Å². The minimum atomic E-state index is -3.77. The van der Waals surface area contributed by atoms with Crippen LogP contribution in [0.25, 0.3) is 0 Å². The maximum absolute atomic E-state index is 11.6. The molecular formula is C9H17NO5S. The van der Waals surface area contributed by atoms with Crippen LogP contribution in [0.2, 0.25) is 0 Å². The molecule has 0 amide bonds. The predicted octanol–water partition coefficient (Wildman–Crippen LogP) is -0.618. The molecule has 94 valence electrons. The standard InChI is InChI=1S/C9H17NO5S/c1-7(8(11)15-2)16(13,14)10-6-9(12)4-3-5-9/h7,10,12H,3-6H2,1-2H3. The molecule has 1 unspecified atom stereocenters. The summed E-state index contributed by atoms with van der Waals surface area (Å²) in [6, 6.07) is 0. The average Bonchev–Trinajstić information content (AvgIpc) is 2.21. The van der Waals surface area contributed by atoms with Crippen LogP contribution in [0.4, 0.5) is 0 Å². The third-order valence-electron chi connectivity index (χ3n) is 2.89. The van der Waals surface area contributed by atoms with E-state index in [1.807, 2.05) is 0 Å². The van der Waals surface area contributed by atoms with Crippen LogP contribution in [-0.4, -0.2) is 44.0 Å². The molecule has 6 nitrogen and oxygen atoms in total. The molecule has 1 aliphatic rings. The summed E-state index contributed by atoms with van der Waals surface area (Å²) in [5.74, 6) is -0.812. The zero-order valence-corrected chi connectivity index (χ0v) is 10.2. The van der Waals surface area contributed by atoms with E-state index in [1.54, 1.807) is 0 Å². The van der Waals surface area contributed by atoms with Gasteiger partial charge < -0.3 is 9.84 Å². The topological polar surface area (TPSA) is 92.7 Å². The van der Waals surface area contributed by atoms with E-state index in [4.69, 9.17) is 0 Å². The molecule has 0 heterocycles. The lowest BCUT2D eigenvalue weighted by Crippen LogP contribution is -2.50. The number of carbonyl (C=O) groups is 1. The molecule has 1 aliphatic carbocycles. The number of rotatable bonds is 5. The van der Waals surface area contributed by atoms with Gasteiger partial charge in [-0.05, 0) is 26.2 Å². The highest BCUT2D eigenvalue weighted by atomic mass is 32.2. The number of aliphatic hydroxyl groups is 1. The largest absolute Gasteiger partial charge is 0.468 e. The van der Waals surface area contributed by atoms with Crippen molar-refractivity contribution in [3.05, 3.63) is 0 Å². The quantitative estimate of drug-likeness (QED) is 0.635. The molecule has 2 N–H and O–H groups in total. The molecule has 16 heavy (non-hydrogen) atoms. The average molecular weight is 251 g/mol. The molecule has 1 saturated carbocycles. The van der Waals surface area contributed by atoms with Gasteiger partial charge in [-0.2, -0.15) is 0 Å². The zero-order valence-electron chi connectivity index (χ0n) is 9.39. The maximum Gasteiger partial charge on any atom is 0.325 e. The van der Waals surface area contributed by atoms with Gasteiger partial charge in [0.05, 0.1) is 12.7 Å². The normalized spacial score (nSPS) is 20.9. The molecule has 0 aromatic rings. The third kappa shape index (κ3) is 2.93. The van der Waals surface area contributed by atoms with Crippen molar-refractivity contribution in [3.63, 3.8) is 0 Å². The molecule has 0 radical (unpaired) electrons. The Morgan fingerprint density at radius 3 is 2.50 bits per heavy atom. The summed E-state index contributed by atoms with van der Waals surface area (Å²) in [5.41, 5.74) is -0.942. The van der Waals surface area contributed by atoms with Crippen LogP contribution in [0, 0.1) is 0 Å². The van der Waals surface area contributed by atoms with Crippen LogP contribution in [-0.2, 0) is 19.6 Å². The van der Waals surface area contributed by atoms with Gasteiger partial charge in [0.15, 0.2) is 5.25 Å². The molecule has 0 spiro atoms. The molecular weight excluding hydrogens is 234 g/mol. The second-order valence-electron chi connectivity index (χ2n) is 4.11. The molecule has 0 saturated heterocycles. The fraction of sp³-hybridized carbons (Fsp3) is 0.889. The van der Waals surface area contributed by atoms with E-state index < -0.39 is 26.8 Å². The van der Waals surface area contributed by atoms with E-state index in [1.165, 1.54) is 6.92 Å². The molecule has 0 aliphatic heterocycles. The highest BCUT2D eigenvalue weighted by Gasteiger charge is 2.37. The lowest BCUT2D eigenvalue weighted by molar-refractivity contribution is -0.139. The van der Waals surface area contributed by atoms with Crippen molar-refractivity contribution in [2.45, 2.75) is 37.0 Å². The molecule has 0 aromatic heterocycles. The summed E-state index contributed by atoms with van der Waals surface area (Å²) in [7, 11) is -2.63. The van der Waals surface area contributed by atoms with Crippen LogP contribution in [0.5, 0.6) is 0 Å². The third-order valence-corrected chi connectivity index (χ3v) is 4.56. The molecule has 1 rings (SSSR count). The van der Waals surface area contributed by atoms with Gasteiger partial charge in [0.2, 0.25) is 10.0 Å². The number of esters is 1. The zero-order chi connectivity index (χ0) is 12.4. The highest BCUT2D eigenvalue weighted by Crippen LogP contribution is 2.30. The molecule has 1 fully saturated rings. The molecule has 0 aromatic carbocycles. The van der Waals surface area contributed by atoms with Crippen LogP contribution < -0.4 is 4.72 Å². The first-order valence-electron chi connectivity index (χ1n) is 5.09. The van der Waals surface area contributed by atoms with E-state index in [9.17, 15) is 18.3 Å². The summed E-state index contributed by atoms with van der Waals surface area (Å²) >= 11 is 0. The minimum Gasteiger partial charge on any atom is -0.468 e. The van der Waals surface area contributed by atoms with Gasteiger partial charge in [-0.15, -0.1) is 0 Å². The van der Waals surface area contributed by atoms with Crippen LogP contribution >= 0.6 is 0 Å². The Labute approximate surface area is 95.0 Å². The summed E-state index contributed by atoms with van der Waals surface area (Å²) in [6.45, 7) is 1.20. The molecule has 7 heteroatoms. The lowest BCUT2D eigenvalue weighted by Gasteiger charge is -2.36. The van der Waals surface area contributed by atoms with E-state index in [0.29, 0.717) is 12.8 Å². The van der Waals surface area contributed by atoms with Gasteiger partial charge in [-0.3, -0.25) is 4.79 Å². The first-order chi connectivity index (χ1) is 7.31. The maximum atomic E-state index is 11.6. The number of sulfonamides is 1. The molecule has 0 bridgehead atoms. The van der Waals surface area contributed by atoms with Gasteiger partial charge >= 0.3 is 5.97 Å². The smallest absolute Gasteiger partial charge is 0.325 e. The van der Waals surface area contributed by atoms with Crippen LogP contribution in [0.1, 0.15) is 26.2 Å². The minimum absolute atomic E-state index is 0.0450. The Bertz CT molecular complexity index is 360. The number of ether oxygens (including phenoxy) is 1. The van der Waals surface area contributed by atoms with E-state index in [2.05, 4.69) is 9.46 Å². The predicted molar refractivity (Wildman–Crippen MR) is 57.2 cm³/mol. The summed E-state index contributed by atoms with van der Waals surface area (Å²) in [5, 5.41) is 8.44. The fourth-order valence-corrected chi connectivity index (χ4v) is 2.48. The van der Waals surface area contributed by atoms with E-state index >= 15 is 0 Å². The Kier molecular flexibility index (Phi) is 3.92. The van der Waals surface area contributed by atoms with Crippen molar-refractivity contribution < 1.29 is 23.1 Å².